The summed E-state index contributed by atoms with van der Waals surface area (Å²) in [5.41, 5.74) is 3.06. The Kier molecular flexibility index (Phi) is 5.50. The van der Waals surface area contributed by atoms with Gasteiger partial charge >= 0.3 is 0 Å². The summed E-state index contributed by atoms with van der Waals surface area (Å²) in [6.45, 7) is 2.89. The first-order valence-electron chi connectivity index (χ1n) is 11.5. The molecule has 3 aliphatic heterocycles. The van der Waals surface area contributed by atoms with E-state index in [1.165, 1.54) is 11.8 Å². The maximum absolute atomic E-state index is 12.5. The van der Waals surface area contributed by atoms with Crippen molar-refractivity contribution in [2.24, 2.45) is 5.92 Å². The second kappa shape index (κ2) is 8.19. The molecule has 1 spiro atoms. The third-order valence-corrected chi connectivity index (χ3v) is 9.12. The van der Waals surface area contributed by atoms with Crippen molar-refractivity contribution in [3.63, 3.8) is 0 Å². The quantitative estimate of drug-likeness (QED) is 0.723. The highest BCUT2D eigenvalue weighted by Crippen LogP contribution is 2.50. The summed E-state index contributed by atoms with van der Waals surface area (Å²) in [4.78, 5) is 14.1. The molecule has 6 nitrogen and oxygen atoms in total. The fraction of sp³-hybridized carbons (Fsp3) is 0.480. The molecule has 170 valence electrons. The number of hydrogen-bond acceptors (Lipinski definition) is 4. The Balaban J connectivity index is 1.53. The molecule has 0 aliphatic carbocycles. The maximum Gasteiger partial charge on any atom is 0.232 e. The summed E-state index contributed by atoms with van der Waals surface area (Å²) >= 11 is 0. The van der Waals surface area contributed by atoms with Crippen LogP contribution in [0.5, 0.6) is 0 Å². The van der Waals surface area contributed by atoms with Crippen molar-refractivity contribution in [3.8, 4) is 0 Å². The molecule has 3 heterocycles. The van der Waals surface area contributed by atoms with Crippen molar-refractivity contribution in [2.75, 3.05) is 36.7 Å². The van der Waals surface area contributed by atoms with Gasteiger partial charge in [-0.05, 0) is 42.4 Å². The van der Waals surface area contributed by atoms with Crippen molar-refractivity contribution < 1.29 is 13.2 Å². The van der Waals surface area contributed by atoms with Crippen LogP contribution in [-0.4, -0.2) is 58.2 Å². The van der Waals surface area contributed by atoms with Crippen LogP contribution in [0.4, 0.5) is 5.69 Å². The molecule has 0 aromatic heterocycles. The Morgan fingerprint density at radius 3 is 2.56 bits per heavy atom. The van der Waals surface area contributed by atoms with Gasteiger partial charge in [-0.2, -0.15) is 0 Å². The molecule has 1 N–H and O–H groups in total. The molecular weight excluding hydrogens is 422 g/mol. The number of anilines is 1. The van der Waals surface area contributed by atoms with Gasteiger partial charge in [0.1, 0.15) is 0 Å². The van der Waals surface area contributed by atoms with E-state index in [9.17, 15) is 13.2 Å². The highest BCUT2D eigenvalue weighted by molar-refractivity contribution is 7.92. The molecule has 1 amide bonds. The zero-order valence-electron chi connectivity index (χ0n) is 18.5. The molecule has 2 saturated heterocycles. The summed E-state index contributed by atoms with van der Waals surface area (Å²) < 4.78 is 26.5. The van der Waals surface area contributed by atoms with E-state index < -0.39 is 10.0 Å². The minimum atomic E-state index is -3.34. The predicted molar refractivity (Wildman–Crippen MR) is 126 cm³/mol. The third-order valence-electron chi connectivity index (χ3n) is 7.94. The molecule has 4 atom stereocenters. The number of carbonyl (C=O) groups excluding carboxylic acids is 1. The van der Waals surface area contributed by atoms with Gasteiger partial charge < -0.3 is 10.2 Å². The smallest absolute Gasteiger partial charge is 0.232 e. The zero-order valence-corrected chi connectivity index (χ0v) is 19.3. The van der Waals surface area contributed by atoms with Crippen LogP contribution in [0.25, 0.3) is 0 Å². The van der Waals surface area contributed by atoms with E-state index in [-0.39, 0.29) is 17.4 Å². The second-order valence-corrected chi connectivity index (χ2v) is 11.4. The second-order valence-electron chi connectivity index (χ2n) is 9.54. The van der Waals surface area contributed by atoms with E-state index in [1.807, 2.05) is 29.2 Å². The minimum Gasteiger partial charge on any atom is -0.342 e. The molecule has 2 aromatic carbocycles. The van der Waals surface area contributed by atoms with Crippen LogP contribution in [0.2, 0.25) is 0 Å². The highest BCUT2D eigenvalue weighted by Gasteiger charge is 2.53. The average molecular weight is 454 g/mol. The normalized spacial score (nSPS) is 30.3. The number of nitrogens with one attached hydrogen (secondary N) is 1. The van der Waals surface area contributed by atoms with Crippen molar-refractivity contribution in [1.82, 2.24) is 10.2 Å². The first kappa shape index (κ1) is 21.5. The summed E-state index contributed by atoms with van der Waals surface area (Å²) in [7, 11) is -3.34. The Morgan fingerprint density at radius 2 is 1.81 bits per heavy atom. The van der Waals surface area contributed by atoms with Gasteiger partial charge in [-0.1, -0.05) is 48.5 Å². The standard InChI is InChI=1S/C25H31N3O3S/c1-32(30,31)28-14-12-25(21-9-5-6-10-23(21)28)17-26-16-22(25)24-15-20(11-13-27(24)18-29)19-7-3-2-4-8-19/h2-10,18,20,22,24,26H,11-17H2,1H3/t20?,22-,24?,25-/m0/s1. The van der Waals surface area contributed by atoms with Gasteiger partial charge in [0, 0.05) is 43.6 Å². The molecule has 5 rings (SSSR count). The fourth-order valence-electron chi connectivity index (χ4n) is 6.43. The molecule has 0 radical (unpaired) electrons. The van der Waals surface area contributed by atoms with Crippen molar-refractivity contribution in [2.45, 2.75) is 36.6 Å². The lowest BCUT2D eigenvalue weighted by Gasteiger charge is -2.49. The number of likely N-dealkylation sites (tertiary alicyclic amines) is 1. The molecule has 7 heteroatoms. The molecule has 32 heavy (non-hydrogen) atoms. The van der Waals surface area contributed by atoms with Crippen molar-refractivity contribution in [3.05, 3.63) is 65.7 Å². The number of para-hydroxylation sites is 1. The lowest BCUT2D eigenvalue weighted by atomic mass is 9.63. The number of fused-ring (bicyclic) bond motifs is 2. The van der Waals surface area contributed by atoms with Crippen molar-refractivity contribution >= 4 is 22.1 Å². The number of carbonyl (C=O) groups is 1. The largest absolute Gasteiger partial charge is 0.342 e. The summed E-state index contributed by atoms with van der Waals surface area (Å²) in [6.07, 6.45) is 4.98. The van der Waals surface area contributed by atoms with Crippen LogP contribution in [0.1, 0.15) is 36.3 Å². The van der Waals surface area contributed by atoms with E-state index in [0.717, 1.165) is 56.6 Å². The third kappa shape index (κ3) is 3.52. The first-order chi connectivity index (χ1) is 15.4. The average Bonchev–Trinajstić information content (AvgIpc) is 3.22. The molecule has 0 saturated carbocycles. The molecular formula is C25H31N3O3S. The number of nitrogens with zero attached hydrogens (tertiary/aromatic N) is 2. The van der Waals surface area contributed by atoms with Gasteiger partial charge in [-0.15, -0.1) is 0 Å². The topological polar surface area (TPSA) is 69.7 Å². The van der Waals surface area contributed by atoms with Gasteiger partial charge in [0.25, 0.3) is 0 Å². The fourth-order valence-corrected chi connectivity index (χ4v) is 7.37. The lowest BCUT2D eigenvalue weighted by Crippen LogP contribution is -2.54. The number of piperidine rings is 1. The number of hydrogen-bond donors (Lipinski definition) is 1. The van der Waals surface area contributed by atoms with Crippen LogP contribution in [-0.2, 0) is 20.2 Å². The SMILES string of the molecule is CS(=O)(=O)N1CC[C@]2(CNC[C@H]2C2CC(c3ccccc3)CCN2C=O)c2ccccc21. The van der Waals surface area contributed by atoms with Crippen LogP contribution in [0, 0.1) is 5.92 Å². The summed E-state index contributed by atoms with van der Waals surface area (Å²) in [5.74, 6) is 0.670. The van der Waals surface area contributed by atoms with E-state index in [2.05, 4.69) is 35.6 Å². The minimum absolute atomic E-state index is 0.124. The van der Waals surface area contributed by atoms with Gasteiger partial charge in [0.15, 0.2) is 0 Å². The van der Waals surface area contributed by atoms with Crippen LogP contribution in [0.3, 0.4) is 0 Å². The molecule has 3 aliphatic rings. The highest BCUT2D eigenvalue weighted by atomic mass is 32.2. The molecule has 2 fully saturated rings. The van der Waals surface area contributed by atoms with E-state index in [1.54, 1.807) is 4.31 Å². The predicted octanol–water partition coefficient (Wildman–Crippen LogP) is 2.72. The van der Waals surface area contributed by atoms with E-state index in [4.69, 9.17) is 0 Å². The molecule has 0 bridgehead atoms. The Hall–Kier alpha value is -2.38. The maximum atomic E-state index is 12.5. The molecule has 2 unspecified atom stereocenters. The molecule has 2 aromatic rings. The number of benzene rings is 2. The Morgan fingerprint density at radius 1 is 1.06 bits per heavy atom. The lowest BCUT2D eigenvalue weighted by molar-refractivity contribution is -0.123. The zero-order chi connectivity index (χ0) is 22.3. The van der Waals surface area contributed by atoms with Gasteiger partial charge in [0.05, 0.1) is 11.9 Å². The summed E-state index contributed by atoms with van der Waals surface area (Å²) in [5, 5.41) is 3.61. The number of amides is 1. The Labute approximate surface area is 190 Å². The van der Waals surface area contributed by atoms with Gasteiger partial charge in [-0.3, -0.25) is 9.10 Å². The summed E-state index contributed by atoms with van der Waals surface area (Å²) in [6, 6.07) is 18.7. The van der Waals surface area contributed by atoms with Crippen LogP contribution >= 0.6 is 0 Å². The van der Waals surface area contributed by atoms with E-state index >= 15 is 0 Å². The van der Waals surface area contributed by atoms with Crippen molar-refractivity contribution in [1.29, 1.82) is 0 Å². The first-order valence-corrected chi connectivity index (χ1v) is 13.3. The number of sulfonamides is 1. The van der Waals surface area contributed by atoms with E-state index in [0.29, 0.717) is 12.5 Å². The van der Waals surface area contributed by atoms with Gasteiger partial charge in [-0.25, -0.2) is 8.42 Å². The number of rotatable bonds is 4. The Bertz CT molecular complexity index is 1090. The van der Waals surface area contributed by atoms with Gasteiger partial charge in [0.2, 0.25) is 16.4 Å². The monoisotopic (exact) mass is 453 g/mol. The van der Waals surface area contributed by atoms with Crippen LogP contribution < -0.4 is 9.62 Å². The van der Waals surface area contributed by atoms with Crippen LogP contribution in [0.15, 0.2) is 54.6 Å².